The molecule has 3 aromatic carbocycles. The van der Waals surface area contributed by atoms with Gasteiger partial charge in [-0.3, -0.25) is 4.79 Å². The molecule has 0 fully saturated rings. The molecule has 0 aromatic heterocycles. The molecule has 0 atom stereocenters. The summed E-state index contributed by atoms with van der Waals surface area (Å²) in [5, 5.41) is 0. The Morgan fingerprint density at radius 3 is 1.46 bits per heavy atom. The Balaban J connectivity index is 1.77. The second-order valence-corrected chi connectivity index (χ2v) is 7.27. The minimum Gasteiger partial charge on any atom is -0.426 e. The van der Waals surface area contributed by atoms with E-state index >= 15 is 0 Å². The van der Waals surface area contributed by atoms with Gasteiger partial charge in [-0.2, -0.15) is 0 Å². The summed E-state index contributed by atoms with van der Waals surface area (Å²) in [5.74, 6) is 0.355. The minimum atomic E-state index is -3.83. The van der Waals surface area contributed by atoms with Crippen LogP contribution >= 0.6 is 7.60 Å². The summed E-state index contributed by atoms with van der Waals surface area (Å²) in [6, 6.07) is 25.7. The maximum absolute atomic E-state index is 13.2. The van der Waals surface area contributed by atoms with Gasteiger partial charge >= 0.3 is 13.6 Å². The van der Waals surface area contributed by atoms with Crippen molar-refractivity contribution < 1.29 is 23.1 Å². The maximum Gasteiger partial charge on any atom is 0.441 e. The smallest absolute Gasteiger partial charge is 0.426 e. The lowest BCUT2D eigenvalue weighted by molar-refractivity contribution is -0.131. The maximum atomic E-state index is 13.2. The van der Waals surface area contributed by atoms with Crippen molar-refractivity contribution in [2.75, 3.05) is 6.16 Å². The average Bonchev–Trinajstić information content (AvgIpc) is 2.63. The highest BCUT2D eigenvalue weighted by molar-refractivity contribution is 7.55. The van der Waals surface area contributed by atoms with Crippen LogP contribution in [0.25, 0.3) is 0 Å². The number of carbonyl (C=O) groups excluding carboxylic acids is 1. The van der Waals surface area contributed by atoms with E-state index in [9.17, 15) is 9.36 Å². The van der Waals surface area contributed by atoms with Crippen molar-refractivity contribution in [1.82, 2.24) is 0 Å². The van der Waals surface area contributed by atoms with Gasteiger partial charge in [0.2, 0.25) is 0 Å². The van der Waals surface area contributed by atoms with E-state index in [1.54, 1.807) is 91.0 Å². The fourth-order valence-corrected chi connectivity index (χ4v) is 3.61. The van der Waals surface area contributed by atoms with Gasteiger partial charge in [-0.05, 0) is 36.4 Å². The molecule has 0 saturated carbocycles. The van der Waals surface area contributed by atoms with Crippen molar-refractivity contribution >= 4 is 13.6 Å². The second-order valence-electron chi connectivity index (χ2n) is 5.36. The van der Waals surface area contributed by atoms with E-state index in [1.807, 2.05) is 0 Å². The number of ether oxygens (including phenoxy) is 1. The zero-order chi connectivity index (χ0) is 18.2. The normalized spacial score (nSPS) is 10.8. The molecule has 0 radical (unpaired) electrons. The van der Waals surface area contributed by atoms with Crippen LogP contribution in [0.1, 0.15) is 0 Å². The van der Waals surface area contributed by atoms with Crippen LogP contribution in [0.5, 0.6) is 17.2 Å². The van der Waals surface area contributed by atoms with Gasteiger partial charge in [-0.25, -0.2) is 4.57 Å². The highest BCUT2D eigenvalue weighted by Crippen LogP contribution is 2.48. The molecule has 0 N–H and O–H groups in total. The third-order valence-corrected chi connectivity index (χ3v) is 4.90. The summed E-state index contributed by atoms with van der Waals surface area (Å²) in [6.45, 7) is 0. The van der Waals surface area contributed by atoms with Crippen LogP contribution in [0.2, 0.25) is 0 Å². The van der Waals surface area contributed by atoms with E-state index in [0.29, 0.717) is 17.2 Å². The third-order valence-electron chi connectivity index (χ3n) is 3.27. The van der Waals surface area contributed by atoms with Gasteiger partial charge in [-0.1, -0.05) is 54.6 Å². The highest BCUT2D eigenvalue weighted by atomic mass is 31.2. The zero-order valence-corrected chi connectivity index (χ0v) is 14.8. The molecule has 0 bridgehead atoms. The van der Waals surface area contributed by atoms with E-state index < -0.39 is 19.7 Å². The van der Waals surface area contributed by atoms with Gasteiger partial charge in [0, 0.05) is 0 Å². The molecule has 3 aromatic rings. The highest BCUT2D eigenvalue weighted by Gasteiger charge is 2.33. The molecule has 0 spiro atoms. The first kappa shape index (κ1) is 17.8. The lowest BCUT2D eigenvalue weighted by Crippen LogP contribution is -2.18. The predicted molar refractivity (Wildman–Crippen MR) is 98.7 cm³/mol. The van der Waals surface area contributed by atoms with Gasteiger partial charge in [0.25, 0.3) is 0 Å². The molecular weight excluding hydrogens is 351 g/mol. The molecule has 0 aliphatic heterocycles. The number of rotatable bonds is 7. The number of esters is 1. The molecule has 132 valence electrons. The fraction of sp³-hybridized carbons (Fsp3) is 0.0500. The van der Waals surface area contributed by atoms with Crippen LogP contribution in [-0.2, 0) is 9.36 Å². The number of hydrogen-bond acceptors (Lipinski definition) is 5. The third kappa shape index (κ3) is 5.23. The van der Waals surface area contributed by atoms with E-state index in [0.717, 1.165) is 0 Å². The predicted octanol–water partition coefficient (Wildman–Crippen LogP) is 4.94. The summed E-state index contributed by atoms with van der Waals surface area (Å²) in [5.41, 5.74) is 0. The molecular formula is C20H17O5P. The summed E-state index contributed by atoms with van der Waals surface area (Å²) in [6.07, 6.45) is -0.522. The number of para-hydroxylation sites is 3. The number of carbonyl (C=O) groups is 1. The Labute approximate surface area is 151 Å². The van der Waals surface area contributed by atoms with Gasteiger partial charge in [-0.15, -0.1) is 0 Å². The topological polar surface area (TPSA) is 61.8 Å². The van der Waals surface area contributed by atoms with Crippen LogP contribution in [0.15, 0.2) is 91.0 Å². The molecule has 26 heavy (non-hydrogen) atoms. The van der Waals surface area contributed by atoms with Crippen molar-refractivity contribution in [1.29, 1.82) is 0 Å². The van der Waals surface area contributed by atoms with Crippen LogP contribution < -0.4 is 13.8 Å². The van der Waals surface area contributed by atoms with Gasteiger partial charge in [0.1, 0.15) is 17.2 Å². The molecule has 0 unspecified atom stereocenters. The Hall–Kier alpha value is -3.04. The largest absolute Gasteiger partial charge is 0.441 e. The Morgan fingerprint density at radius 1 is 0.654 bits per heavy atom. The standard InChI is InChI=1S/C20H17O5P/c21-20(23-17-10-4-1-5-11-17)16-26(22,24-18-12-6-2-7-13-18)25-19-14-8-3-9-15-19/h1-15H,16H2. The van der Waals surface area contributed by atoms with Crippen molar-refractivity contribution in [2.24, 2.45) is 0 Å². The SMILES string of the molecule is O=C(CP(=O)(Oc1ccccc1)Oc1ccccc1)Oc1ccccc1. The monoisotopic (exact) mass is 368 g/mol. The first-order valence-corrected chi connectivity index (χ1v) is 9.70. The van der Waals surface area contributed by atoms with E-state index in [4.69, 9.17) is 13.8 Å². The summed E-state index contributed by atoms with van der Waals surface area (Å²) >= 11 is 0. The van der Waals surface area contributed by atoms with E-state index in [1.165, 1.54) is 0 Å². The first-order chi connectivity index (χ1) is 12.6. The minimum absolute atomic E-state index is 0.347. The van der Waals surface area contributed by atoms with Crippen LogP contribution in [0.4, 0.5) is 0 Å². The molecule has 0 aliphatic rings. The van der Waals surface area contributed by atoms with Crippen LogP contribution in [0, 0.1) is 0 Å². The number of benzene rings is 3. The molecule has 0 aliphatic carbocycles. The van der Waals surface area contributed by atoms with Crippen LogP contribution in [-0.4, -0.2) is 12.1 Å². The average molecular weight is 368 g/mol. The van der Waals surface area contributed by atoms with Gasteiger partial charge < -0.3 is 13.8 Å². The van der Waals surface area contributed by atoms with Crippen molar-refractivity contribution in [3.8, 4) is 17.2 Å². The Morgan fingerprint density at radius 2 is 1.04 bits per heavy atom. The Bertz CT molecular complexity index is 836. The molecule has 6 heteroatoms. The van der Waals surface area contributed by atoms with Gasteiger partial charge in [0.05, 0.1) is 0 Å². The Kier molecular flexibility index (Phi) is 5.72. The summed E-state index contributed by atoms with van der Waals surface area (Å²) in [7, 11) is -3.83. The fourth-order valence-electron chi connectivity index (χ4n) is 2.18. The second kappa shape index (κ2) is 8.37. The summed E-state index contributed by atoms with van der Waals surface area (Å²) in [4.78, 5) is 12.3. The molecule has 0 heterocycles. The molecule has 5 nitrogen and oxygen atoms in total. The van der Waals surface area contributed by atoms with Crippen molar-refractivity contribution in [3.05, 3.63) is 91.0 Å². The number of hydrogen-bond donors (Lipinski definition) is 0. The lowest BCUT2D eigenvalue weighted by atomic mass is 10.3. The molecule has 3 rings (SSSR count). The van der Waals surface area contributed by atoms with E-state index in [2.05, 4.69) is 0 Å². The zero-order valence-electron chi connectivity index (χ0n) is 13.9. The summed E-state index contributed by atoms with van der Waals surface area (Å²) < 4.78 is 29.5. The molecule has 0 amide bonds. The van der Waals surface area contributed by atoms with Crippen molar-refractivity contribution in [3.63, 3.8) is 0 Å². The van der Waals surface area contributed by atoms with Crippen molar-refractivity contribution in [2.45, 2.75) is 0 Å². The quantitative estimate of drug-likeness (QED) is 0.336. The lowest BCUT2D eigenvalue weighted by Gasteiger charge is -2.19. The van der Waals surface area contributed by atoms with E-state index in [-0.39, 0.29) is 0 Å². The first-order valence-electron chi connectivity index (χ1n) is 7.97. The van der Waals surface area contributed by atoms with Crippen LogP contribution in [0.3, 0.4) is 0 Å². The van der Waals surface area contributed by atoms with Gasteiger partial charge in [0.15, 0.2) is 6.16 Å². The molecule has 0 saturated heterocycles.